The van der Waals surface area contributed by atoms with Crippen LogP contribution >= 0.6 is 11.8 Å². The summed E-state index contributed by atoms with van der Waals surface area (Å²) in [5.74, 6) is 0.330. The lowest BCUT2D eigenvalue weighted by atomic mass is 10.1. The zero-order valence-electron chi connectivity index (χ0n) is 18.2. The Morgan fingerprint density at radius 1 is 1.09 bits per heavy atom. The predicted molar refractivity (Wildman–Crippen MR) is 122 cm³/mol. The first-order valence-electron chi connectivity index (χ1n) is 10.8. The average molecular weight is 493 g/mol. The zero-order chi connectivity index (χ0) is 24.0. The fraction of sp³-hybridized carbons (Fsp3) is 0.348. The number of piperidine rings is 1. The van der Waals surface area contributed by atoms with E-state index in [0.717, 1.165) is 56.2 Å². The summed E-state index contributed by atoms with van der Waals surface area (Å²) in [7, 11) is 0. The number of hydrogen-bond acceptors (Lipinski definition) is 7. The number of hydrogen-bond donors (Lipinski definition) is 1. The first-order valence-corrected chi connectivity index (χ1v) is 11.8. The van der Waals surface area contributed by atoms with Crippen LogP contribution in [0, 0.1) is 0 Å². The molecule has 0 bridgehead atoms. The molecule has 0 radical (unpaired) electrons. The van der Waals surface area contributed by atoms with Crippen LogP contribution in [0.2, 0.25) is 0 Å². The van der Waals surface area contributed by atoms with Crippen molar-refractivity contribution < 1.29 is 27.1 Å². The molecule has 1 fully saturated rings. The second kappa shape index (κ2) is 10.8. The number of thioether (sulfide) groups is 1. The summed E-state index contributed by atoms with van der Waals surface area (Å²) in [5.41, 5.74) is -0.0786. The minimum Gasteiger partial charge on any atom is -0.484 e. The highest BCUT2D eigenvalue weighted by Crippen LogP contribution is 2.36. The molecule has 1 N–H and O–H groups in total. The molecule has 1 saturated heterocycles. The Morgan fingerprint density at radius 3 is 2.59 bits per heavy atom. The van der Waals surface area contributed by atoms with E-state index in [9.17, 15) is 18.0 Å². The molecule has 180 valence electrons. The lowest BCUT2D eigenvalue weighted by molar-refractivity contribution is -0.137. The molecule has 1 aliphatic rings. The first-order chi connectivity index (χ1) is 16.4. The molecular formula is C23H23F3N4O3S. The number of halogens is 3. The fourth-order valence-corrected chi connectivity index (χ4v) is 4.13. The molecule has 4 rings (SSSR count). The van der Waals surface area contributed by atoms with Crippen LogP contribution in [0.5, 0.6) is 5.75 Å². The van der Waals surface area contributed by atoms with Crippen LogP contribution in [0.15, 0.2) is 58.2 Å². The van der Waals surface area contributed by atoms with Gasteiger partial charge >= 0.3 is 6.18 Å². The van der Waals surface area contributed by atoms with Gasteiger partial charge in [-0.1, -0.05) is 30.0 Å². The molecule has 1 amide bonds. The molecule has 0 unspecified atom stereocenters. The van der Waals surface area contributed by atoms with Gasteiger partial charge in [0.15, 0.2) is 6.61 Å². The number of amides is 1. The van der Waals surface area contributed by atoms with Crippen LogP contribution in [-0.4, -0.2) is 34.9 Å². The largest absolute Gasteiger partial charge is 0.484 e. The number of nitrogens with one attached hydrogen (secondary N) is 1. The summed E-state index contributed by atoms with van der Waals surface area (Å²) >= 11 is 0.998. The second-order valence-electron chi connectivity index (χ2n) is 7.68. The molecule has 0 atom stereocenters. The molecule has 7 nitrogen and oxygen atoms in total. The Labute approximate surface area is 198 Å². The molecular weight excluding hydrogens is 469 g/mol. The van der Waals surface area contributed by atoms with Crippen molar-refractivity contribution >= 4 is 29.0 Å². The molecule has 0 saturated carbocycles. The van der Waals surface area contributed by atoms with Gasteiger partial charge in [-0.2, -0.15) is 13.2 Å². The van der Waals surface area contributed by atoms with E-state index in [2.05, 4.69) is 15.5 Å². The van der Waals surface area contributed by atoms with E-state index in [1.54, 1.807) is 12.1 Å². The van der Waals surface area contributed by atoms with Crippen LogP contribution < -0.4 is 15.0 Å². The molecule has 3 aromatic rings. The molecule has 2 heterocycles. The average Bonchev–Trinajstić information content (AvgIpc) is 3.30. The highest BCUT2D eigenvalue weighted by molar-refractivity contribution is 7.99. The maximum atomic E-state index is 13.3. The summed E-state index contributed by atoms with van der Waals surface area (Å²) in [6.07, 6.45) is -1.51. The number of rotatable bonds is 8. The molecule has 1 aromatic heterocycles. The molecule has 2 aromatic carbocycles. The van der Waals surface area contributed by atoms with Gasteiger partial charge in [0.1, 0.15) is 5.75 Å². The normalized spacial score (nSPS) is 14.1. The Kier molecular flexibility index (Phi) is 7.61. The summed E-state index contributed by atoms with van der Waals surface area (Å²) in [6.45, 7) is 1.55. The molecule has 11 heteroatoms. The number of carbonyl (C=O) groups excluding carboxylic acids is 1. The third kappa shape index (κ3) is 6.43. The van der Waals surface area contributed by atoms with E-state index >= 15 is 0 Å². The third-order valence-corrected chi connectivity index (χ3v) is 5.99. The van der Waals surface area contributed by atoms with Crippen molar-refractivity contribution in [1.82, 2.24) is 10.2 Å². The van der Waals surface area contributed by atoms with E-state index < -0.39 is 17.6 Å². The lowest BCUT2D eigenvalue weighted by Gasteiger charge is -2.31. The van der Waals surface area contributed by atoms with Crippen LogP contribution in [0.4, 0.5) is 24.5 Å². The fourth-order valence-electron chi connectivity index (χ4n) is 3.55. The third-order valence-electron chi connectivity index (χ3n) is 5.18. The summed E-state index contributed by atoms with van der Waals surface area (Å²) in [5, 5.41) is 10.6. The Morgan fingerprint density at radius 2 is 1.85 bits per heavy atom. The van der Waals surface area contributed by atoms with Crippen molar-refractivity contribution in [3.8, 4) is 5.75 Å². The number of nitrogens with zero attached hydrogens (tertiary/aromatic N) is 3. The smallest absolute Gasteiger partial charge is 0.416 e. The highest BCUT2D eigenvalue weighted by atomic mass is 32.2. The topological polar surface area (TPSA) is 80.5 Å². The monoisotopic (exact) mass is 492 g/mol. The standard InChI is InChI=1S/C23H23F3N4O3S/c24-23(25,26)16-9-10-19(30-11-5-2-6-12-30)18(13-16)27-20(31)15-34-22-29-28-21(33-22)14-32-17-7-3-1-4-8-17/h1,3-4,7-10,13H,2,5-6,11-12,14-15H2,(H,27,31). The number of ether oxygens (including phenoxy) is 1. The Hall–Kier alpha value is -3.21. The summed E-state index contributed by atoms with van der Waals surface area (Å²) in [6, 6.07) is 12.6. The van der Waals surface area contributed by atoms with Crippen molar-refractivity contribution in [2.45, 2.75) is 37.3 Å². The lowest BCUT2D eigenvalue weighted by Crippen LogP contribution is -2.30. The molecule has 1 aliphatic heterocycles. The molecule has 34 heavy (non-hydrogen) atoms. The minimum absolute atomic E-state index is 0.0766. The number of para-hydroxylation sites is 1. The SMILES string of the molecule is O=C(CSc1nnc(COc2ccccc2)o1)Nc1cc(C(F)(F)F)ccc1N1CCCCC1. The number of benzene rings is 2. The number of carbonyl (C=O) groups is 1. The van der Waals surface area contributed by atoms with E-state index in [4.69, 9.17) is 9.15 Å². The van der Waals surface area contributed by atoms with Gasteiger partial charge in [0, 0.05) is 13.1 Å². The Balaban J connectivity index is 1.37. The van der Waals surface area contributed by atoms with Crippen LogP contribution in [0.1, 0.15) is 30.7 Å². The summed E-state index contributed by atoms with van der Waals surface area (Å²) in [4.78, 5) is 14.6. The number of aromatic nitrogens is 2. The van der Waals surface area contributed by atoms with Gasteiger partial charge in [0.25, 0.3) is 11.1 Å². The summed E-state index contributed by atoms with van der Waals surface area (Å²) < 4.78 is 50.8. The van der Waals surface area contributed by atoms with Crippen LogP contribution in [0.3, 0.4) is 0 Å². The van der Waals surface area contributed by atoms with Gasteiger partial charge in [0.2, 0.25) is 5.91 Å². The number of anilines is 2. The van der Waals surface area contributed by atoms with Crippen LogP contribution in [-0.2, 0) is 17.6 Å². The zero-order valence-corrected chi connectivity index (χ0v) is 19.0. The maximum Gasteiger partial charge on any atom is 0.416 e. The van der Waals surface area contributed by atoms with Crippen molar-refractivity contribution in [2.24, 2.45) is 0 Å². The molecule has 0 spiro atoms. The van der Waals surface area contributed by atoms with E-state index in [0.29, 0.717) is 11.4 Å². The van der Waals surface area contributed by atoms with Crippen molar-refractivity contribution in [1.29, 1.82) is 0 Å². The van der Waals surface area contributed by atoms with E-state index in [1.165, 1.54) is 6.07 Å². The van der Waals surface area contributed by atoms with Gasteiger partial charge in [-0.05, 0) is 49.6 Å². The van der Waals surface area contributed by atoms with Gasteiger partial charge in [-0.15, -0.1) is 10.2 Å². The quantitative estimate of drug-likeness (QED) is 0.423. The van der Waals surface area contributed by atoms with Crippen molar-refractivity contribution in [3.05, 3.63) is 60.0 Å². The minimum atomic E-state index is -4.50. The number of alkyl halides is 3. The van der Waals surface area contributed by atoms with E-state index in [-0.39, 0.29) is 29.2 Å². The Bertz CT molecular complexity index is 1100. The van der Waals surface area contributed by atoms with Gasteiger partial charge < -0.3 is 19.4 Å². The van der Waals surface area contributed by atoms with Gasteiger partial charge in [-0.25, -0.2) is 0 Å². The highest BCUT2D eigenvalue weighted by Gasteiger charge is 2.32. The molecule has 0 aliphatic carbocycles. The van der Waals surface area contributed by atoms with Crippen LogP contribution in [0.25, 0.3) is 0 Å². The first kappa shape index (κ1) is 23.9. The maximum absolute atomic E-state index is 13.3. The predicted octanol–water partition coefficient (Wildman–Crippen LogP) is 5.39. The van der Waals surface area contributed by atoms with Crippen molar-refractivity contribution in [3.63, 3.8) is 0 Å². The van der Waals surface area contributed by atoms with Gasteiger partial charge in [0.05, 0.1) is 22.7 Å². The van der Waals surface area contributed by atoms with Gasteiger partial charge in [-0.3, -0.25) is 4.79 Å². The van der Waals surface area contributed by atoms with E-state index in [1.807, 2.05) is 23.1 Å². The van der Waals surface area contributed by atoms with Crippen molar-refractivity contribution in [2.75, 3.05) is 29.1 Å². The second-order valence-corrected chi connectivity index (χ2v) is 8.60.